The zero-order chi connectivity index (χ0) is 15.2. The van der Waals surface area contributed by atoms with E-state index in [9.17, 15) is 19.8 Å². The third-order valence-electron chi connectivity index (χ3n) is 3.83. The quantitative estimate of drug-likeness (QED) is 0.647. The van der Waals surface area contributed by atoms with Crippen LogP contribution in [0, 0.1) is 5.92 Å². The van der Waals surface area contributed by atoms with Gasteiger partial charge in [0.25, 0.3) is 0 Å². The summed E-state index contributed by atoms with van der Waals surface area (Å²) in [6.45, 7) is 0. The summed E-state index contributed by atoms with van der Waals surface area (Å²) in [7, 11) is 0. The Balaban J connectivity index is 1.90. The number of carbonyl (C=O) groups is 2. The summed E-state index contributed by atoms with van der Waals surface area (Å²) >= 11 is 0. The highest BCUT2D eigenvalue weighted by atomic mass is 16.4. The highest BCUT2D eigenvalue weighted by Gasteiger charge is 2.32. The molecule has 0 radical (unpaired) electrons. The second kappa shape index (κ2) is 7.22. The van der Waals surface area contributed by atoms with Gasteiger partial charge in [-0.3, -0.25) is 14.9 Å². The Morgan fingerprint density at radius 2 is 1.71 bits per heavy atom. The minimum Gasteiger partial charge on any atom is -0.480 e. The van der Waals surface area contributed by atoms with Crippen molar-refractivity contribution < 1.29 is 19.8 Å². The lowest BCUT2D eigenvalue weighted by Gasteiger charge is -2.20. The van der Waals surface area contributed by atoms with Gasteiger partial charge in [-0.25, -0.2) is 0 Å². The Labute approximate surface area is 124 Å². The third-order valence-corrected chi connectivity index (χ3v) is 3.83. The van der Waals surface area contributed by atoms with Crippen LogP contribution in [0.4, 0.5) is 0 Å². The lowest BCUT2D eigenvalue weighted by atomic mass is 10.0. The van der Waals surface area contributed by atoms with Gasteiger partial charge < -0.3 is 10.2 Å². The first kappa shape index (κ1) is 15.5. The molecule has 1 saturated carbocycles. The molecule has 5 nitrogen and oxygen atoms in total. The molecule has 3 N–H and O–H groups in total. The Hall–Kier alpha value is -1.88. The number of aliphatic carboxylic acids is 2. The van der Waals surface area contributed by atoms with E-state index in [4.69, 9.17) is 0 Å². The largest absolute Gasteiger partial charge is 0.480 e. The molecule has 2 unspecified atom stereocenters. The fraction of sp³-hybridized carbons (Fsp3) is 0.500. The maximum Gasteiger partial charge on any atom is 0.320 e. The van der Waals surface area contributed by atoms with Crippen LogP contribution < -0.4 is 5.32 Å². The predicted molar refractivity (Wildman–Crippen MR) is 78.1 cm³/mol. The van der Waals surface area contributed by atoms with Crippen molar-refractivity contribution >= 4 is 11.9 Å². The monoisotopic (exact) mass is 291 g/mol. The minimum absolute atomic E-state index is 0.383. The summed E-state index contributed by atoms with van der Waals surface area (Å²) in [6, 6.07) is 8.01. The fourth-order valence-corrected chi connectivity index (χ4v) is 2.40. The van der Waals surface area contributed by atoms with Crippen molar-refractivity contribution in [1.29, 1.82) is 0 Å². The zero-order valence-electron chi connectivity index (χ0n) is 11.9. The number of nitrogens with one attached hydrogen (secondary N) is 1. The first-order chi connectivity index (χ1) is 10.1. The first-order valence-electron chi connectivity index (χ1n) is 7.32. The number of rotatable bonds is 9. The molecule has 0 heterocycles. The second-order valence-electron chi connectivity index (χ2n) is 5.65. The van der Waals surface area contributed by atoms with Crippen LogP contribution in [0.2, 0.25) is 0 Å². The first-order valence-corrected chi connectivity index (χ1v) is 7.32. The van der Waals surface area contributed by atoms with E-state index >= 15 is 0 Å². The third kappa shape index (κ3) is 5.19. The SMILES string of the molecule is O=C(O)C(CCc1ccccc1)NC(CC1CC1)C(=O)O. The Kier molecular flexibility index (Phi) is 5.33. The molecule has 0 saturated heterocycles. The van der Waals surface area contributed by atoms with Gasteiger partial charge in [0.1, 0.15) is 12.1 Å². The lowest BCUT2D eigenvalue weighted by Crippen LogP contribution is -2.47. The van der Waals surface area contributed by atoms with Crippen LogP contribution in [0.3, 0.4) is 0 Å². The average molecular weight is 291 g/mol. The molecule has 1 fully saturated rings. The van der Waals surface area contributed by atoms with Gasteiger partial charge in [0.2, 0.25) is 0 Å². The molecule has 0 bridgehead atoms. The van der Waals surface area contributed by atoms with Gasteiger partial charge in [-0.2, -0.15) is 0 Å². The summed E-state index contributed by atoms with van der Waals surface area (Å²) < 4.78 is 0. The zero-order valence-corrected chi connectivity index (χ0v) is 11.9. The highest BCUT2D eigenvalue weighted by molar-refractivity contribution is 5.77. The van der Waals surface area contributed by atoms with Crippen LogP contribution >= 0.6 is 0 Å². The number of hydrogen-bond acceptors (Lipinski definition) is 3. The van der Waals surface area contributed by atoms with E-state index in [0.29, 0.717) is 25.2 Å². The highest BCUT2D eigenvalue weighted by Crippen LogP contribution is 2.33. The summed E-state index contributed by atoms with van der Waals surface area (Å²) in [5.74, 6) is -1.52. The van der Waals surface area contributed by atoms with E-state index < -0.39 is 24.0 Å². The van der Waals surface area contributed by atoms with Crippen molar-refractivity contribution in [2.45, 2.75) is 44.2 Å². The van der Waals surface area contributed by atoms with Crippen LogP contribution in [0.1, 0.15) is 31.2 Å². The molecule has 0 aromatic heterocycles. The number of hydrogen-bond donors (Lipinski definition) is 3. The van der Waals surface area contributed by atoms with Crippen LogP contribution in [0.25, 0.3) is 0 Å². The normalized spacial score (nSPS) is 17.1. The fourth-order valence-electron chi connectivity index (χ4n) is 2.40. The molecule has 1 aliphatic carbocycles. The summed E-state index contributed by atoms with van der Waals surface area (Å²) in [4.78, 5) is 22.6. The Morgan fingerprint density at radius 1 is 1.10 bits per heavy atom. The molecular weight excluding hydrogens is 270 g/mol. The van der Waals surface area contributed by atoms with E-state index in [1.807, 2.05) is 30.3 Å². The van der Waals surface area contributed by atoms with Gasteiger partial charge in [0.05, 0.1) is 0 Å². The standard InChI is InChI=1S/C16H21NO4/c18-15(19)13(9-8-11-4-2-1-3-5-11)17-14(16(20)21)10-12-6-7-12/h1-5,12-14,17H,6-10H2,(H,18,19)(H,20,21). The molecule has 0 spiro atoms. The smallest absolute Gasteiger partial charge is 0.320 e. The maximum absolute atomic E-state index is 11.3. The summed E-state index contributed by atoms with van der Waals surface area (Å²) in [5, 5.41) is 21.3. The molecule has 5 heteroatoms. The topological polar surface area (TPSA) is 86.6 Å². The molecular formula is C16H21NO4. The number of benzene rings is 1. The Bertz CT molecular complexity index is 484. The van der Waals surface area contributed by atoms with Crippen molar-refractivity contribution in [3.63, 3.8) is 0 Å². The van der Waals surface area contributed by atoms with Gasteiger partial charge >= 0.3 is 11.9 Å². The number of carboxylic acids is 2. The van der Waals surface area contributed by atoms with Crippen LogP contribution in [0.15, 0.2) is 30.3 Å². The molecule has 1 aromatic carbocycles. The average Bonchev–Trinajstić information content (AvgIpc) is 3.26. The summed E-state index contributed by atoms with van der Waals surface area (Å²) in [6.07, 6.45) is 3.61. The van der Waals surface area contributed by atoms with Crippen molar-refractivity contribution in [2.75, 3.05) is 0 Å². The van der Waals surface area contributed by atoms with E-state index in [0.717, 1.165) is 18.4 Å². The number of carboxylic acid groups (broad SMARTS) is 2. The van der Waals surface area contributed by atoms with E-state index in [1.165, 1.54) is 0 Å². The molecule has 1 aliphatic rings. The lowest BCUT2D eigenvalue weighted by molar-refractivity contribution is -0.142. The molecule has 0 aliphatic heterocycles. The summed E-state index contributed by atoms with van der Waals surface area (Å²) in [5.41, 5.74) is 1.06. The van der Waals surface area contributed by atoms with Gasteiger partial charge in [0.15, 0.2) is 0 Å². The molecule has 21 heavy (non-hydrogen) atoms. The van der Waals surface area contributed by atoms with E-state index in [-0.39, 0.29) is 0 Å². The maximum atomic E-state index is 11.3. The van der Waals surface area contributed by atoms with Crippen LogP contribution in [0.5, 0.6) is 0 Å². The molecule has 0 amide bonds. The van der Waals surface area contributed by atoms with E-state index in [2.05, 4.69) is 5.32 Å². The Morgan fingerprint density at radius 3 is 2.24 bits per heavy atom. The molecule has 1 aromatic rings. The van der Waals surface area contributed by atoms with Crippen molar-refractivity contribution in [3.8, 4) is 0 Å². The van der Waals surface area contributed by atoms with Gasteiger partial charge in [-0.1, -0.05) is 43.2 Å². The molecule has 114 valence electrons. The van der Waals surface area contributed by atoms with Gasteiger partial charge in [-0.15, -0.1) is 0 Å². The van der Waals surface area contributed by atoms with Gasteiger partial charge in [0, 0.05) is 0 Å². The number of aryl methyl sites for hydroxylation is 1. The minimum atomic E-state index is -0.993. The molecule has 2 rings (SSSR count). The predicted octanol–water partition coefficient (Wildman–Crippen LogP) is 1.92. The molecule has 2 atom stereocenters. The second-order valence-corrected chi connectivity index (χ2v) is 5.65. The van der Waals surface area contributed by atoms with Crippen molar-refractivity contribution in [3.05, 3.63) is 35.9 Å². The van der Waals surface area contributed by atoms with Crippen molar-refractivity contribution in [2.24, 2.45) is 5.92 Å². The van der Waals surface area contributed by atoms with Crippen LogP contribution in [-0.4, -0.2) is 34.2 Å². The van der Waals surface area contributed by atoms with Crippen LogP contribution in [-0.2, 0) is 16.0 Å². The van der Waals surface area contributed by atoms with E-state index in [1.54, 1.807) is 0 Å². The van der Waals surface area contributed by atoms with Gasteiger partial charge in [-0.05, 0) is 30.7 Å². The van der Waals surface area contributed by atoms with Crippen molar-refractivity contribution in [1.82, 2.24) is 5.32 Å².